The zero-order valence-electron chi connectivity index (χ0n) is 17.8. The van der Waals surface area contributed by atoms with Crippen molar-refractivity contribution in [2.75, 3.05) is 13.7 Å². The van der Waals surface area contributed by atoms with Crippen LogP contribution in [0, 0.1) is 12.8 Å². The quantitative estimate of drug-likeness (QED) is 0.555. The normalized spacial score (nSPS) is 18.7. The molecule has 2 aromatic carbocycles. The average molecular weight is 403 g/mol. The van der Waals surface area contributed by atoms with Crippen LogP contribution in [0.3, 0.4) is 0 Å². The number of nitrogens with one attached hydrogen (secondary N) is 2. The molecule has 4 rings (SSSR count). The van der Waals surface area contributed by atoms with Gasteiger partial charge in [0.15, 0.2) is 0 Å². The van der Waals surface area contributed by atoms with Gasteiger partial charge in [0.05, 0.1) is 18.4 Å². The summed E-state index contributed by atoms with van der Waals surface area (Å²) >= 11 is 0. The number of methoxy groups -OCH3 is 1. The van der Waals surface area contributed by atoms with Crippen molar-refractivity contribution in [1.82, 2.24) is 10.3 Å². The maximum Gasteiger partial charge on any atom is 0.253 e. The Hall–Kier alpha value is -3.01. The van der Waals surface area contributed by atoms with E-state index in [4.69, 9.17) is 4.74 Å². The summed E-state index contributed by atoms with van der Waals surface area (Å²) < 4.78 is 5.34. The number of benzene rings is 2. The molecule has 4 heteroatoms. The van der Waals surface area contributed by atoms with Crippen LogP contribution in [0.5, 0.6) is 5.75 Å². The molecule has 1 aliphatic carbocycles. The Morgan fingerprint density at radius 2 is 1.80 bits per heavy atom. The second kappa shape index (κ2) is 9.21. The topological polar surface area (TPSA) is 54.1 Å². The second-order valence-electron chi connectivity index (χ2n) is 8.31. The summed E-state index contributed by atoms with van der Waals surface area (Å²) in [4.78, 5) is 16.3. The molecule has 2 N–H and O–H groups in total. The SMILES string of the molecule is COc1cccc(-c2[nH]c(C)cc2C(=O)NCC2CCC(c3ccccc3)CC2)c1. The molecule has 1 amide bonds. The number of aromatic nitrogens is 1. The van der Waals surface area contributed by atoms with Crippen LogP contribution < -0.4 is 10.1 Å². The third-order valence-corrected chi connectivity index (χ3v) is 6.22. The molecule has 0 aliphatic heterocycles. The number of amides is 1. The number of hydrogen-bond donors (Lipinski definition) is 2. The van der Waals surface area contributed by atoms with Gasteiger partial charge in [-0.1, -0.05) is 42.5 Å². The Balaban J connectivity index is 1.37. The largest absolute Gasteiger partial charge is 0.497 e. The highest BCUT2D eigenvalue weighted by molar-refractivity contribution is 6.00. The lowest BCUT2D eigenvalue weighted by molar-refractivity contribution is 0.0943. The molecule has 0 bridgehead atoms. The van der Waals surface area contributed by atoms with Gasteiger partial charge in [0.25, 0.3) is 5.91 Å². The molecule has 1 saturated carbocycles. The molecule has 0 saturated heterocycles. The van der Waals surface area contributed by atoms with Crippen LogP contribution >= 0.6 is 0 Å². The average Bonchev–Trinajstić information content (AvgIpc) is 3.20. The van der Waals surface area contributed by atoms with E-state index in [-0.39, 0.29) is 5.91 Å². The molecule has 0 radical (unpaired) electrons. The molecule has 0 unspecified atom stereocenters. The Bertz CT molecular complexity index is 985. The lowest BCUT2D eigenvalue weighted by atomic mass is 9.78. The molecule has 1 aliphatic rings. The Morgan fingerprint density at radius 1 is 1.03 bits per heavy atom. The van der Waals surface area contributed by atoms with Crippen molar-refractivity contribution in [3.05, 3.63) is 77.5 Å². The monoisotopic (exact) mass is 402 g/mol. The Morgan fingerprint density at radius 3 is 2.53 bits per heavy atom. The number of carbonyl (C=O) groups is 1. The van der Waals surface area contributed by atoms with Crippen molar-refractivity contribution in [2.24, 2.45) is 5.92 Å². The van der Waals surface area contributed by atoms with Crippen LogP contribution in [0.4, 0.5) is 0 Å². The third-order valence-electron chi connectivity index (χ3n) is 6.22. The highest BCUT2D eigenvalue weighted by atomic mass is 16.5. The molecule has 30 heavy (non-hydrogen) atoms. The number of aryl methyl sites for hydroxylation is 1. The molecule has 1 fully saturated rings. The van der Waals surface area contributed by atoms with Gasteiger partial charge in [0, 0.05) is 17.8 Å². The zero-order valence-corrected chi connectivity index (χ0v) is 17.8. The molecule has 156 valence electrons. The van der Waals surface area contributed by atoms with Crippen LogP contribution in [-0.4, -0.2) is 24.5 Å². The highest BCUT2D eigenvalue weighted by Crippen LogP contribution is 2.35. The standard InChI is InChI=1S/C26H30N2O2/c1-18-15-24(25(28-18)22-9-6-10-23(16-22)30-2)26(29)27-17-19-11-13-21(14-12-19)20-7-4-3-5-8-20/h3-10,15-16,19,21,28H,11-14,17H2,1-2H3,(H,27,29). The number of H-pyrrole nitrogens is 1. The molecule has 0 atom stereocenters. The van der Waals surface area contributed by atoms with Gasteiger partial charge >= 0.3 is 0 Å². The maximum absolute atomic E-state index is 13.0. The molecule has 1 aromatic heterocycles. The maximum atomic E-state index is 13.0. The minimum atomic E-state index is -0.0117. The minimum absolute atomic E-state index is 0.0117. The van der Waals surface area contributed by atoms with Gasteiger partial charge in [0.1, 0.15) is 5.75 Å². The number of hydrogen-bond acceptors (Lipinski definition) is 2. The first-order valence-corrected chi connectivity index (χ1v) is 10.8. The predicted octanol–water partition coefficient (Wildman–Crippen LogP) is 5.70. The van der Waals surface area contributed by atoms with Gasteiger partial charge < -0.3 is 15.0 Å². The molecular weight excluding hydrogens is 372 g/mol. The number of aromatic amines is 1. The number of ether oxygens (including phenoxy) is 1. The van der Waals surface area contributed by atoms with E-state index in [2.05, 4.69) is 40.6 Å². The zero-order chi connectivity index (χ0) is 20.9. The number of carbonyl (C=O) groups excluding carboxylic acids is 1. The van der Waals surface area contributed by atoms with E-state index in [9.17, 15) is 4.79 Å². The summed E-state index contributed by atoms with van der Waals surface area (Å²) in [6.45, 7) is 2.72. The minimum Gasteiger partial charge on any atom is -0.497 e. The first kappa shape index (κ1) is 20.3. The fraction of sp³-hybridized carbons (Fsp3) is 0.346. The van der Waals surface area contributed by atoms with Crippen LogP contribution in [0.25, 0.3) is 11.3 Å². The van der Waals surface area contributed by atoms with Crippen molar-refractivity contribution in [3.8, 4) is 17.0 Å². The van der Waals surface area contributed by atoms with Crippen molar-refractivity contribution in [1.29, 1.82) is 0 Å². The third kappa shape index (κ3) is 4.59. The van der Waals surface area contributed by atoms with Crippen LogP contribution in [0.15, 0.2) is 60.7 Å². The highest BCUT2D eigenvalue weighted by Gasteiger charge is 2.23. The number of rotatable bonds is 6. The fourth-order valence-corrected chi connectivity index (χ4v) is 4.53. The van der Waals surface area contributed by atoms with Crippen molar-refractivity contribution in [3.63, 3.8) is 0 Å². The summed E-state index contributed by atoms with van der Waals surface area (Å²) in [5.41, 5.74) is 4.92. The van der Waals surface area contributed by atoms with Crippen LogP contribution in [0.1, 0.15) is 53.2 Å². The van der Waals surface area contributed by atoms with Crippen LogP contribution in [0.2, 0.25) is 0 Å². The predicted molar refractivity (Wildman–Crippen MR) is 121 cm³/mol. The molecule has 3 aromatic rings. The Labute approximate surface area is 178 Å². The summed E-state index contributed by atoms with van der Waals surface area (Å²) in [6, 6.07) is 20.5. The van der Waals surface area contributed by atoms with Gasteiger partial charge in [-0.05, 0) is 68.2 Å². The first-order chi connectivity index (χ1) is 14.6. The van der Waals surface area contributed by atoms with E-state index < -0.39 is 0 Å². The second-order valence-corrected chi connectivity index (χ2v) is 8.31. The van der Waals surface area contributed by atoms with Crippen molar-refractivity contribution < 1.29 is 9.53 Å². The van der Waals surface area contributed by atoms with Crippen LogP contribution in [-0.2, 0) is 0 Å². The molecule has 1 heterocycles. The molecule has 0 spiro atoms. The van der Waals surface area contributed by atoms with Gasteiger partial charge in [0.2, 0.25) is 0 Å². The molecular formula is C26H30N2O2. The van der Waals surface area contributed by atoms with Gasteiger partial charge in [-0.3, -0.25) is 4.79 Å². The van der Waals surface area contributed by atoms with E-state index in [1.807, 2.05) is 37.3 Å². The van der Waals surface area contributed by atoms with Crippen molar-refractivity contribution in [2.45, 2.75) is 38.5 Å². The lowest BCUT2D eigenvalue weighted by Gasteiger charge is -2.29. The van der Waals surface area contributed by atoms with E-state index >= 15 is 0 Å². The van der Waals surface area contributed by atoms with Gasteiger partial charge in [-0.15, -0.1) is 0 Å². The van der Waals surface area contributed by atoms with Crippen molar-refractivity contribution >= 4 is 5.91 Å². The van der Waals surface area contributed by atoms with Gasteiger partial charge in [-0.25, -0.2) is 0 Å². The summed E-state index contributed by atoms with van der Waals surface area (Å²) in [5.74, 6) is 1.97. The first-order valence-electron chi connectivity index (χ1n) is 10.8. The smallest absolute Gasteiger partial charge is 0.253 e. The lowest BCUT2D eigenvalue weighted by Crippen LogP contribution is -2.31. The summed E-state index contributed by atoms with van der Waals surface area (Å²) in [6.07, 6.45) is 4.72. The Kier molecular flexibility index (Phi) is 6.22. The fourth-order valence-electron chi connectivity index (χ4n) is 4.53. The van der Waals surface area contributed by atoms with Gasteiger partial charge in [-0.2, -0.15) is 0 Å². The van der Waals surface area contributed by atoms with E-state index in [1.165, 1.54) is 18.4 Å². The van der Waals surface area contributed by atoms with E-state index in [0.29, 0.717) is 17.4 Å². The van der Waals surface area contributed by atoms with E-state index in [1.54, 1.807) is 7.11 Å². The molecule has 4 nitrogen and oxygen atoms in total. The van der Waals surface area contributed by atoms with E-state index in [0.717, 1.165) is 42.1 Å². The summed E-state index contributed by atoms with van der Waals surface area (Å²) in [5, 5.41) is 3.19. The summed E-state index contributed by atoms with van der Waals surface area (Å²) in [7, 11) is 1.65.